The van der Waals surface area contributed by atoms with E-state index in [4.69, 9.17) is 9.72 Å². The Morgan fingerprint density at radius 2 is 1.97 bits per heavy atom. The molecule has 2 aliphatic rings. The summed E-state index contributed by atoms with van der Waals surface area (Å²) < 4.78 is 20.0. The quantitative estimate of drug-likeness (QED) is 0.333. The number of thiazole rings is 1. The van der Waals surface area contributed by atoms with E-state index < -0.39 is 0 Å². The molecule has 3 heterocycles. The molecule has 0 N–H and O–H groups in total. The van der Waals surface area contributed by atoms with E-state index in [1.165, 1.54) is 24.0 Å². The highest BCUT2D eigenvalue weighted by atomic mass is 32.1. The molecule has 5 nitrogen and oxygen atoms in total. The zero-order valence-electron chi connectivity index (χ0n) is 19.5. The normalized spacial score (nSPS) is 19.2. The van der Waals surface area contributed by atoms with Gasteiger partial charge in [0.05, 0.1) is 18.7 Å². The number of carbonyl (C=O) groups is 1. The van der Waals surface area contributed by atoms with Crippen molar-refractivity contribution in [2.75, 3.05) is 20.2 Å². The van der Waals surface area contributed by atoms with Crippen LogP contribution in [0.4, 0.5) is 4.39 Å². The second kappa shape index (κ2) is 8.81. The van der Waals surface area contributed by atoms with Gasteiger partial charge in [0, 0.05) is 24.1 Å². The van der Waals surface area contributed by atoms with Crippen LogP contribution in [0.1, 0.15) is 36.1 Å². The van der Waals surface area contributed by atoms with E-state index in [0.717, 1.165) is 47.4 Å². The van der Waals surface area contributed by atoms with E-state index in [2.05, 4.69) is 40.2 Å². The maximum Gasteiger partial charge on any atom is 0.310 e. The molecular weight excluding hydrogens is 461 g/mol. The number of halogens is 1. The number of methoxy groups -OCH3 is 1. The first kappa shape index (κ1) is 22.3. The molecule has 0 unspecified atom stereocenters. The van der Waals surface area contributed by atoms with Crippen LogP contribution >= 0.6 is 11.3 Å². The molecule has 4 aromatic rings. The van der Waals surface area contributed by atoms with Gasteiger partial charge in [0.25, 0.3) is 0 Å². The van der Waals surface area contributed by atoms with E-state index >= 15 is 4.39 Å². The molecule has 178 valence electrons. The van der Waals surface area contributed by atoms with Gasteiger partial charge in [-0.15, -0.1) is 0 Å². The Morgan fingerprint density at radius 3 is 2.71 bits per heavy atom. The number of esters is 1. The number of fused-ring (bicyclic) bond motifs is 1. The van der Waals surface area contributed by atoms with Crippen molar-refractivity contribution >= 4 is 27.7 Å². The summed E-state index contributed by atoms with van der Waals surface area (Å²) >= 11 is 1.44. The lowest BCUT2D eigenvalue weighted by Gasteiger charge is -2.16. The van der Waals surface area contributed by atoms with Crippen molar-refractivity contribution in [2.24, 2.45) is 5.92 Å². The zero-order valence-corrected chi connectivity index (χ0v) is 20.4. The number of nitrogens with zero attached hydrogens (tertiary/aromatic N) is 3. The molecule has 1 atom stereocenters. The molecular formula is C28H26FN3O2S. The van der Waals surface area contributed by atoms with Crippen LogP contribution in [-0.4, -0.2) is 41.0 Å². The molecule has 1 saturated carbocycles. The molecule has 2 fully saturated rings. The average Bonchev–Trinajstić information content (AvgIpc) is 3.38. The lowest BCUT2D eigenvalue weighted by molar-refractivity contribution is -0.144. The first-order chi connectivity index (χ1) is 17.1. The monoisotopic (exact) mass is 487 g/mol. The van der Waals surface area contributed by atoms with Crippen LogP contribution in [0.5, 0.6) is 0 Å². The van der Waals surface area contributed by atoms with Gasteiger partial charge in [-0.1, -0.05) is 47.7 Å². The molecule has 1 saturated heterocycles. The van der Waals surface area contributed by atoms with Crippen LogP contribution in [0.3, 0.4) is 0 Å². The lowest BCUT2D eigenvalue weighted by Crippen LogP contribution is -2.23. The van der Waals surface area contributed by atoms with E-state index in [1.807, 2.05) is 24.3 Å². The summed E-state index contributed by atoms with van der Waals surface area (Å²) in [6.45, 7) is 2.06. The average molecular weight is 488 g/mol. The second-order valence-corrected chi connectivity index (χ2v) is 10.5. The van der Waals surface area contributed by atoms with E-state index in [0.29, 0.717) is 23.7 Å². The number of carbonyl (C=O) groups excluding carboxylic acids is 1. The van der Waals surface area contributed by atoms with Crippen molar-refractivity contribution in [2.45, 2.75) is 31.2 Å². The maximum atomic E-state index is 15.2. The van der Waals surface area contributed by atoms with Gasteiger partial charge in [-0.05, 0) is 61.2 Å². The van der Waals surface area contributed by atoms with Crippen LogP contribution in [0, 0.1) is 11.7 Å². The highest BCUT2D eigenvalue weighted by Crippen LogP contribution is 2.53. The first-order valence-corrected chi connectivity index (χ1v) is 12.8. The first-order valence-electron chi connectivity index (χ1n) is 12.0. The van der Waals surface area contributed by atoms with E-state index in [9.17, 15) is 4.79 Å². The molecule has 6 rings (SSSR count). The summed E-state index contributed by atoms with van der Waals surface area (Å²) in [6, 6.07) is 20.0. The summed E-state index contributed by atoms with van der Waals surface area (Å²) in [4.78, 5) is 24.4. The van der Waals surface area contributed by atoms with Crippen LogP contribution in [0.2, 0.25) is 0 Å². The van der Waals surface area contributed by atoms with Crippen LogP contribution < -0.4 is 0 Å². The number of ether oxygens (including phenoxy) is 1. The number of pyridine rings is 1. The Hall–Kier alpha value is -3.16. The van der Waals surface area contributed by atoms with Crippen molar-refractivity contribution in [3.8, 4) is 10.6 Å². The van der Waals surface area contributed by atoms with Crippen molar-refractivity contribution in [1.29, 1.82) is 0 Å². The predicted octanol–water partition coefficient (Wildman–Crippen LogP) is 5.57. The summed E-state index contributed by atoms with van der Waals surface area (Å²) in [5.41, 5.74) is 4.54. The van der Waals surface area contributed by atoms with Gasteiger partial charge in [-0.3, -0.25) is 9.69 Å². The van der Waals surface area contributed by atoms with Crippen LogP contribution in [0.25, 0.3) is 20.9 Å². The number of benzene rings is 2. The third-order valence-corrected chi connectivity index (χ3v) is 8.30. The second-order valence-electron chi connectivity index (χ2n) is 9.55. The fraction of sp³-hybridized carbons (Fsp3) is 0.321. The minimum Gasteiger partial charge on any atom is -0.469 e. The fourth-order valence-corrected chi connectivity index (χ4v) is 6.16. The van der Waals surface area contributed by atoms with Gasteiger partial charge in [-0.2, -0.15) is 0 Å². The lowest BCUT2D eigenvalue weighted by atomic mass is 9.92. The summed E-state index contributed by atoms with van der Waals surface area (Å²) in [7, 11) is 1.42. The van der Waals surface area contributed by atoms with Gasteiger partial charge >= 0.3 is 5.97 Å². The molecule has 7 heteroatoms. The van der Waals surface area contributed by atoms with Gasteiger partial charge < -0.3 is 4.74 Å². The molecule has 35 heavy (non-hydrogen) atoms. The van der Waals surface area contributed by atoms with Gasteiger partial charge in [0.15, 0.2) is 0 Å². The molecule has 2 aromatic carbocycles. The Balaban J connectivity index is 1.22. The summed E-state index contributed by atoms with van der Waals surface area (Å²) in [5.74, 6) is -0.549. The Labute approximate surface area is 207 Å². The molecule has 1 aliphatic carbocycles. The molecule has 0 radical (unpaired) electrons. The minimum atomic E-state index is -0.284. The Kier molecular flexibility index (Phi) is 5.61. The Bertz CT molecular complexity index is 1400. The van der Waals surface area contributed by atoms with E-state index in [1.54, 1.807) is 6.07 Å². The molecule has 2 aromatic heterocycles. The van der Waals surface area contributed by atoms with Crippen LogP contribution in [0.15, 0.2) is 60.7 Å². The number of hydrogen-bond donors (Lipinski definition) is 0. The number of likely N-dealkylation sites (tertiary alicyclic amines) is 1. The van der Waals surface area contributed by atoms with Crippen LogP contribution in [-0.2, 0) is 21.5 Å². The molecule has 0 spiro atoms. The smallest absolute Gasteiger partial charge is 0.310 e. The third-order valence-electron chi connectivity index (χ3n) is 7.30. The van der Waals surface area contributed by atoms with Gasteiger partial charge in [0.2, 0.25) is 0 Å². The van der Waals surface area contributed by atoms with Gasteiger partial charge in [0.1, 0.15) is 21.2 Å². The SMILES string of the molecule is COC(=O)[C@H]1CCN(Cc2ccc(-c3nc4ccc(C5(c6ccccc6)CC5)nc4s3)c(F)c2)C1. The van der Waals surface area contributed by atoms with Gasteiger partial charge in [-0.25, -0.2) is 14.4 Å². The standard InChI is InChI=1S/C28H26FN3O2S/c1-34-27(33)19-11-14-32(17-19)16-18-7-8-21(22(29)15-18)25-30-23-9-10-24(31-26(23)35-25)28(12-13-28)20-5-3-2-4-6-20/h2-10,15,19H,11-14,16-17H2,1H3/t19-/m0/s1. The molecule has 0 amide bonds. The van der Waals surface area contributed by atoms with Crippen molar-refractivity contribution < 1.29 is 13.9 Å². The zero-order chi connectivity index (χ0) is 24.0. The molecule has 1 aliphatic heterocycles. The fourth-order valence-electron chi connectivity index (χ4n) is 5.20. The van der Waals surface area contributed by atoms with Crippen molar-refractivity contribution in [1.82, 2.24) is 14.9 Å². The molecule has 0 bridgehead atoms. The number of rotatable bonds is 6. The third kappa shape index (κ3) is 4.13. The van der Waals surface area contributed by atoms with Crippen molar-refractivity contribution in [3.63, 3.8) is 0 Å². The highest BCUT2D eigenvalue weighted by Gasteiger charge is 2.47. The topological polar surface area (TPSA) is 55.3 Å². The van der Waals surface area contributed by atoms with E-state index in [-0.39, 0.29) is 23.1 Å². The largest absolute Gasteiger partial charge is 0.469 e. The number of hydrogen-bond acceptors (Lipinski definition) is 6. The van der Waals surface area contributed by atoms with Crippen molar-refractivity contribution in [3.05, 3.63) is 83.3 Å². The highest BCUT2D eigenvalue weighted by molar-refractivity contribution is 7.21. The summed E-state index contributed by atoms with van der Waals surface area (Å²) in [6.07, 6.45) is 2.96. The summed E-state index contributed by atoms with van der Waals surface area (Å²) in [5, 5.41) is 0.644. The number of aromatic nitrogens is 2. The Morgan fingerprint density at radius 1 is 1.14 bits per heavy atom. The predicted molar refractivity (Wildman–Crippen MR) is 135 cm³/mol. The minimum absolute atomic E-state index is 0.00501. The maximum absolute atomic E-state index is 15.2.